The Morgan fingerprint density at radius 1 is 1.18 bits per heavy atom. The maximum Gasteiger partial charge on any atom is 0.352 e. The number of ether oxygens (including phenoxy) is 1. The Kier molecular flexibility index (Phi) is 7.18. The molecule has 0 fully saturated rings. The van der Waals surface area contributed by atoms with Crippen LogP contribution in [-0.4, -0.2) is 17.0 Å². The summed E-state index contributed by atoms with van der Waals surface area (Å²) in [5, 5.41) is 11.9. The Morgan fingerprint density at radius 2 is 1.82 bits per heavy atom. The van der Waals surface area contributed by atoms with Crippen LogP contribution >= 0.6 is 15.9 Å². The molecule has 2 aromatic carbocycles. The van der Waals surface area contributed by atoms with Gasteiger partial charge in [-0.25, -0.2) is 4.79 Å². The van der Waals surface area contributed by atoms with Crippen LogP contribution in [0.25, 0.3) is 6.08 Å². The number of aliphatic carboxylic acids is 1. The third kappa shape index (κ3) is 5.82. The number of carbonyl (C=O) groups is 2. The summed E-state index contributed by atoms with van der Waals surface area (Å²) in [4.78, 5) is 23.9. The summed E-state index contributed by atoms with van der Waals surface area (Å²) in [6, 6.07) is 14.4. The van der Waals surface area contributed by atoms with Crippen molar-refractivity contribution in [1.29, 1.82) is 0 Å². The molecule has 146 valence electrons. The van der Waals surface area contributed by atoms with E-state index in [2.05, 4.69) is 27.8 Å². The fraction of sp³-hybridized carbons (Fsp3) is 0.182. The summed E-state index contributed by atoms with van der Waals surface area (Å²) in [7, 11) is 0. The van der Waals surface area contributed by atoms with Gasteiger partial charge in [-0.05, 0) is 58.3 Å². The van der Waals surface area contributed by atoms with Crippen LogP contribution in [0.2, 0.25) is 0 Å². The molecule has 5 nitrogen and oxygen atoms in total. The highest BCUT2D eigenvalue weighted by Crippen LogP contribution is 2.29. The van der Waals surface area contributed by atoms with Gasteiger partial charge in [-0.3, -0.25) is 4.79 Å². The monoisotopic (exact) mass is 443 g/mol. The van der Waals surface area contributed by atoms with Crippen LogP contribution in [-0.2, 0) is 9.59 Å². The van der Waals surface area contributed by atoms with E-state index in [0.717, 1.165) is 4.47 Å². The smallest absolute Gasteiger partial charge is 0.352 e. The number of hydrogen-bond donors (Lipinski definition) is 2. The fourth-order valence-electron chi connectivity index (χ4n) is 2.35. The fourth-order valence-corrected chi connectivity index (χ4v) is 2.72. The topological polar surface area (TPSA) is 75.6 Å². The second kappa shape index (κ2) is 9.37. The van der Waals surface area contributed by atoms with Crippen LogP contribution in [0.1, 0.15) is 25.8 Å². The SMILES string of the molecule is C=CCC(C)(C)C(=O)N/C(=C\c1ccc(Oc2ccccc2Br)cc1)C(=O)O. The van der Waals surface area contributed by atoms with E-state index in [1.165, 1.54) is 6.08 Å². The molecule has 2 N–H and O–H groups in total. The number of carboxylic acid groups (broad SMARTS) is 1. The second-order valence-electron chi connectivity index (χ2n) is 6.80. The first-order valence-corrected chi connectivity index (χ1v) is 9.42. The van der Waals surface area contributed by atoms with E-state index in [-0.39, 0.29) is 11.6 Å². The van der Waals surface area contributed by atoms with Crippen molar-refractivity contribution >= 4 is 33.9 Å². The molecule has 2 rings (SSSR count). The Bertz CT molecular complexity index is 901. The molecule has 6 heteroatoms. The lowest BCUT2D eigenvalue weighted by atomic mass is 9.88. The van der Waals surface area contributed by atoms with Crippen molar-refractivity contribution < 1.29 is 19.4 Å². The molecule has 0 aliphatic carbocycles. The number of para-hydroxylation sites is 1. The first-order chi connectivity index (χ1) is 13.2. The third-order valence-electron chi connectivity index (χ3n) is 4.00. The molecule has 0 unspecified atom stereocenters. The molecule has 1 amide bonds. The third-order valence-corrected chi connectivity index (χ3v) is 4.66. The summed E-state index contributed by atoms with van der Waals surface area (Å²) < 4.78 is 6.62. The maximum absolute atomic E-state index is 12.4. The van der Waals surface area contributed by atoms with Gasteiger partial charge in [-0.1, -0.05) is 44.2 Å². The van der Waals surface area contributed by atoms with Gasteiger partial charge in [-0.2, -0.15) is 0 Å². The highest BCUT2D eigenvalue weighted by Gasteiger charge is 2.27. The van der Waals surface area contributed by atoms with Crippen LogP contribution in [0.4, 0.5) is 0 Å². The first kappa shape index (κ1) is 21.4. The predicted octanol–water partition coefficient (Wildman–Crippen LogP) is 5.39. The van der Waals surface area contributed by atoms with Gasteiger partial charge in [-0.15, -0.1) is 6.58 Å². The highest BCUT2D eigenvalue weighted by molar-refractivity contribution is 9.10. The largest absolute Gasteiger partial charge is 0.477 e. The number of allylic oxidation sites excluding steroid dienone is 1. The van der Waals surface area contributed by atoms with Gasteiger partial charge in [0, 0.05) is 5.41 Å². The summed E-state index contributed by atoms with van der Waals surface area (Å²) >= 11 is 3.42. The van der Waals surface area contributed by atoms with Crippen LogP contribution in [0, 0.1) is 5.41 Å². The van der Waals surface area contributed by atoms with E-state index < -0.39 is 11.4 Å². The van der Waals surface area contributed by atoms with Gasteiger partial charge < -0.3 is 15.2 Å². The van der Waals surface area contributed by atoms with Gasteiger partial charge in [0.15, 0.2) is 0 Å². The van der Waals surface area contributed by atoms with Gasteiger partial charge >= 0.3 is 5.97 Å². The molecule has 0 spiro atoms. The molecular formula is C22H22BrNO4. The predicted molar refractivity (Wildman–Crippen MR) is 113 cm³/mol. The van der Waals surface area contributed by atoms with Gasteiger partial charge in [0.2, 0.25) is 5.91 Å². The summed E-state index contributed by atoms with van der Waals surface area (Å²) in [5.41, 5.74) is -0.322. The summed E-state index contributed by atoms with van der Waals surface area (Å²) in [6.07, 6.45) is 3.48. The number of hydrogen-bond acceptors (Lipinski definition) is 3. The molecule has 0 bridgehead atoms. The normalized spacial score (nSPS) is 11.6. The lowest BCUT2D eigenvalue weighted by Gasteiger charge is -2.21. The minimum atomic E-state index is -1.21. The minimum Gasteiger partial charge on any atom is -0.477 e. The van der Waals surface area contributed by atoms with Crippen molar-refractivity contribution in [3.63, 3.8) is 0 Å². The second-order valence-corrected chi connectivity index (χ2v) is 7.65. The van der Waals surface area contributed by atoms with Crippen LogP contribution < -0.4 is 10.1 Å². The number of carboxylic acids is 1. The number of benzene rings is 2. The molecular weight excluding hydrogens is 422 g/mol. The molecule has 28 heavy (non-hydrogen) atoms. The Morgan fingerprint density at radius 3 is 2.39 bits per heavy atom. The molecule has 0 aromatic heterocycles. The zero-order valence-electron chi connectivity index (χ0n) is 15.7. The quantitative estimate of drug-likeness (QED) is 0.423. The molecule has 0 saturated carbocycles. The number of rotatable bonds is 8. The lowest BCUT2D eigenvalue weighted by Crippen LogP contribution is -2.38. The van der Waals surface area contributed by atoms with Crippen LogP contribution in [0.5, 0.6) is 11.5 Å². The van der Waals surface area contributed by atoms with Crippen molar-refractivity contribution in [3.05, 3.63) is 76.9 Å². The van der Waals surface area contributed by atoms with Gasteiger partial charge in [0.1, 0.15) is 17.2 Å². The summed E-state index contributed by atoms with van der Waals surface area (Å²) in [5.74, 6) is -0.308. The highest BCUT2D eigenvalue weighted by atomic mass is 79.9. The maximum atomic E-state index is 12.4. The standard InChI is InChI=1S/C22H22BrNO4/c1-4-13-22(2,3)21(27)24-18(20(25)26)14-15-9-11-16(12-10-15)28-19-8-6-5-7-17(19)23/h4-12,14H,1,13H2,2-3H3,(H,24,27)(H,25,26)/b18-14-. The van der Waals surface area contributed by atoms with Crippen LogP contribution in [0.3, 0.4) is 0 Å². The number of halogens is 1. The van der Waals surface area contributed by atoms with Gasteiger partial charge in [0.05, 0.1) is 4.47 Å². The van der Waals surface area contributed by atoms with Crippen molar-refractivity contribution in [3.8, 4) is 11.5 Å². The van der Waals surface area contributed by atoms with E-state index in [0.29, 0.717) is 23.5 Å². The number of carbonyl (C=O) groups excluding carboxylic acids is 1. The Balaban J connectivity index is 2.16. The molecule has 2 aromatic rings. The van der Waals surface area contributed by atoms with Crippen molar-refractivity contribution in [2.24, 2.45) is 5.41 Å². The zero-order chi connectivity index (χ0) is 20.7. The molecule has 0 heterocycles. The molecule has 0 saturated heterocycles. The van der Waals surface area contributed by atoms with E-state index in [4.69, 9.17) is 4.74 Å². The van der Waals surface area contributed by atoms with Crippen molar-refractivity contribution in [1.82, 2.24) is 5.32 Å². The van der Waals surface area contributed by atoms with E-state index in [9.17, 15) is 14.7 Å². The van der Waals surface area contributed by atoms with E-state index in [1.54, 1.807) is 44.2 Å². The molecule has 0 aliphatic heterocycles. The van der Waals surface area contributed by atoms with E-state index >= 15 is 0 Å². The molecule has 0 radical (unpaired) electrons. The minimum absolute atomic E-state index is 0.193. The Hall–Kier alpha value is -2.86. The lowest BCUT2D eigenvalue weighted by molar-refractivity contribution is -0.136. The number of nitrogens with one attached hydrogen (secondary N) is 1. The van der Waals surface area contributed by atoms with Crippen LogP contribution in [0.15, 0.2) is 71.4 Å². The average molecular weight is 444 g/mol. The Labute approximate surface area is 172 Å². The van der Waals surface area contributed by atoms with E-state index in [1.807, 2.05) is 24.3 Å². The van der Waals surface area contributed by atoms with Gasteiger partial charge in [0.25, 0.3) is 0 Å². The molecule has 0 atom stereocenters. The van der Waals surface area contributed by atoms with Crippen molar-refractivity contribution in [2.75, 3.05) is 0 Å². The van der Waals surface area contributed by atoms with Crippen molar-refractivity contribution in [2.45, 2.75) is 20.3 Å². The zero-order valence-corrected chi connectivity index (χ0v) is 17.3. The molecule has 0 aliphatic rings. The summed E-state index contributed by atoms with van der Waals surface area (Å²) in [6.45, 7) is 7.10. The first-order valence-electron chi connectivity index (χ1n) is 8.63. The number of amides is 1. The average Bonchev–Trinajstić information content (AvgIpc) is 2.64.